The summed E-state index contributed by atoms with van der Waals surface area (Å²) in [5, 5.41) is 2.85. The van der Waals surface area contributed by atoms with Gasteiger partial charge in [-0.05, 0) is 43.0 Å². The van der Waals surface area contributed by atoms with Crippen molar-refractivity contribution in [1.29, 1.82) is 0 Å². The second-order valence-corrected chi connectivity index (χ2v) is 5.95. The summed E-state index contributed by atoms with van der Waals surface area (Å²) in [6.45, 7) is 2.15. The maximum atomic E-state index is 11.8. The average Bonchev–Trinajstić information content (AvgIpc) is 3.23. The zero-order chi connectivity index (χ0) is 16.1. The molecule has 2 heterocycles. The number of carbonyl (C=O) groups excluding carboxylic acids is 2. The standard InChI is InChI=1S/C18H22N2O3/c21-17(19-13-16-3-2-12-23-16)10-7-14-5-8-15(9-6-14)20-11-1-4-18(20)22/h5-10,16H,1-4,11-13H2,(H,19,21)/b10-7+/t16-/m0/s1. The van der Waals surface area contributed by atoms with Crippen LogP contribution in [-0.2, 0) is 14.3 Å². The highest BCUT2D eigenvalue weighted by molar-refractivity contribution is 5.95. The van der Waals surface area contributed by atoms with Crippen molar-refractivity contribution in [3.63, 3.8) is 0 Å². The summed E-state index contributed by atoms with van der Waals surface area (Å²) >= 11 is 0. The van der Waals surface area contributed by atoms with E-state index in [-0.39, 0.29) is 17.9 Å². The largest absolute Gasteiger partial charge is 0.376 e. The van der Waals surface area contributed by atoms with E-state index in [4.69, 9.17) is 4.74 Å². The first-order valence-electron chi connectivity index (χ1n) is 8.20. The molecule has 5 heteroatoms. The van der Waals surface area contributed by atoms with Gasteiger partial charge in [0.15, 0.2) is 0 Å². The van der Waals surface area contributed by atoms with E-state index in [0.29, 0.717) is 13.0 Å². The van der Waals surface area contributed by atoms with Gasteiger partial charge >= 0.3 is 0 Å². The fraction of sp³-hybridized carbons (Fsp3) is 0.444. The van der Waals surface area contributed by atoms with E-state index in [1.165, 1.54) is 6.08 Å². The van der Waals surface area contributed by atoms with Crippen molar-refractivity contribution in [2.75, 3.05) is 24.6 Å². The molecule has 1 N–H and O–H groups in total. The summed E-state index contributed by atoms with van der Waals surface area (Å²) in [5.41, 5.74) is 1.86. The minimum absolute atomic E-state index is 0.112. The smallest absolute Gasteiger partial charge is 0.244 e. The van der Waals surface area contributed by atoms with Gasteiger partial charge in [0.1, 0.15) is 0 Å². The Kier molecular flexibility index (Phi) is 5.08. The topological polar surface area (TPSA) is 58.6 Å². The zero-order valence-electron chi connectivity index (χ0n) is 13.2. The molecule has 0 radical (unpaired) electrons. The number of carbonyl (C=O) groups is 2. The number of anilines is 1. The Morgan fingerprint density at radius 2 is 2.13 bits per heavy atom. The summed E-state index contributed by atoms with van der Waals surface area (Å²) in [5.74, 6) is 0.0705. The number of nitrogens with zero attached hydrogens (tertiary/aromatic N) is 1. The number of nitrogens with one attached hydrogen (secondary N) is 1. The molecular formula is C18H22N2O3. The van der Waals surface area contributed by atoms with Crippen LogP contribution < -0.4 is 10.2 Å². The highest BCUT2D eigenvalue weighted by atomic mass is 16.5. The molecule has 2 saturated heterocycles. The van der Waals surface area contributed by atoms with Crippen LogP contribution in [0.4, 0.5) is 5.69 Å². The summed E-state index contributed by atoms with van der Waals surface area (Å²) in [6, 6.07) is 7.69. The van der Waals surface area contributed by atoms with Crippen LogP contribution >= 0.6 is 0 Å². The second-order valence-electron chi connectivity index (χ2n) is 5.95. The molecule has 0 aromatic heterocycles. The van der Waals surface area contributed by atoms with Gasteiger partial charge in [-0.15, -0.1) is 0 Å². The van der Waals surface area contributed by atoms with E-state index in [9.17, 15) is 9.59 Å². The fourth-order valence-electron chi connectivity index (χ4n) is 2.94. The van der Waals surface area contributed by atoms with Gasteiger partial charge in [-0.3, -0.25) is 9.59 Å². The van der Waals surface area contributed by atoms with E-state index in [2.05, 4.69) is 5.32 Å². The van der Waals surface area contributed by atoms with Crippen molar-refractivity contribution in [3.8, 4) is 0 Å². The highest BCUT2D eigenvalue weighted by Crippen LogP contribution is 2.21. The van der Waals surface area contributed by atoms with Crippen LogP contribution in [0.3, 0.4) is 0 Å². The lowest BCUT2D eigenvalue weighted by Gasteiger charge is -2.15. The van der Waals surface area contributed by atoms with Gasteiger partial charge in [0.2, 0.25) is 11.8 Å². The van der Waals surface area contributed by atoms with E-state index in [1.54, 1.807) is 6.08 Å². The van der Waals surface area contributed by atoms with Gasteiger partial charge < -0.3 is 15.0 Å². The van der Waals surface area contributed by atoms with Crippen molar-refractivity contribution < 1.29 is 14.3 Å². The number of ether oxygens (including phenoxy) is 1. The van der Waals surface area contributed by atoms with Crippen molar-refractivity contribution in [1.82, 2.24) is 5.32 Å². The minimum Gasteiger partial charge on any atom is -0.376 e. The predicted octanol–water partition coefficient (Wildman–Crippen LogP) is 2.12. The lowest BCUT2D eigenvalue weighted by Crippen LogP contribution is -2.30. The predicted molar refractivity (Wildman–Crippen MR) is 89.0 cm³/mol. The van der Waals surface area contributed by atoms with E-state index >= 15 is 0 Å². The number of hydrogen-bond donors (Lipinski definition) is 1. The third-order valence-electron chi connectivity index (χ3n) is 4.23. The molecule has 0 spiro atoms. The average molecular weight is 314 g/mol. The summed E-state index contributed by atoms with van der Waals surface area (Å²) in [7, 11) is 0. The van der Waals surface area contributed by atoms with Crippen molar-refractivity contribution in [3.05, 3.63) is 35.9 Å². The van der Waals surface area contributed by atoms with Crippen LogP contribution in [0.1, 0.15) is 31.2 Å². The molecule has 2 aliphatic rings. The number of hydrogen-bond acceptors (Lipinski definition) is 3. The SMILES string of the molecule is O=C(/C=C/c1ccc(N2CCCC2=O)cc1)NC[C@@H]1CCCO1. The Hall–Kier alpha value is -2.14. The number of benzene rings is 1. The third-order valence-corrected chi connectivity index (χ3v) is 4.23. The summed E-state index contributed by atoms with van der Waals surface area (Å²) in [6.07, 6.45) is 7.11. The van der Waals surface area contributed by atoms with Crippen LogP contribution in [0.25, 0.3) is 6.08 Å². The maximum Gasteiger partial charge on any atom is 0.244 e. The second kappa shape index (κ2) is 7.42. The lowest BCUT2D eigenvalue weighted by atomic mass is 10.2. The quantitative estimate of drug-likeness (QED) is 0.847. The van der Waals surface area contributed by atoms with E-state index < -0.39 is 0 Å². The monoisotopic (exact) mass is 314 g/mol. The number of rotatable bonds is 5. The zero-order valence-corrected chi connectivity index (χ0v) is 13.2. The van der Waals surface area contributed by atoms with Gasteiger partial charge in [-0.1, -0.05) is 12.1 Å². The first kappa shape index (κ1) is 15.7. The van der Waals surface area contributed by atoms with E-state index in [1.807, 2.05) is 29.2 Å². The molecule has 122 valence electrons. The van der Waals surface area contributed by atoms with Gasteiger partial charge in [-0.2, -0.15) is 0 Å². The normalized spacial score (nSPS) is 21.3. The Balaban J connectivity index is 1.50. The molecule has 5 nitrogen and oxygen atoms in total. The minimum atomic E-state index is -0.112. The molecule has 0 aliphatic carbocycles. The maximum absolute atomic E-state index is 11.8. The Morgan fingerprint density at radius 3 is 2.78 bits per heavy atom. The lowest BCUT2D eigenvalue weighted by molar-refractivity contribution is -0.117. The Morgan fingerprint density at radius 1 is 1.30 bits per heavy atom. The summed E-state index contributed by atoms with van der Waals surface area (Å²) < 4.78 is 5.47. The highest BCUT2D eigenvalue weighted by Gasteiger charge is 2.21. The molecule has 0 unspecified atom stereocenters. The molecule has 2 fully saturated rings. The summed E-state index contributed by atoms with van der Waals surface area (Å²) in [4.78, 5) is 25.3. The molecule has 1 aromatic carbocycles. The molecule has 3 rings (SSSR count). The van der Waals surface area contributed by atoms with Gasteiger partial charge in [0.25, 0.3) is 0 Å². The molecule has 2 aliphatic heterocycles. The fourth-order valence-corrected chi connectivity index (χ4v) is 2.94. The first-order valence-corrected chi connectivity index (χ1v) is 8.20. The number of amides is 2. The Bertz CT molecular complexity index is 589. The van der Waals surface area contributed by atoms with Gasteiger partial charge in [0.05, 0.1) is 6.10 Å². The van der Waals surface area contributed by atoms with Crippen LogP contribution in [-0.4, -0.2) is 37.6 Å². The van der Waals surface area contributed by atoms with Crippen molar-refractivity contribution >= 4 is 23.6 Å². The van der Waals surface area contributed by atoms with E-state index in [0.717, 1.165) is 43.7 Å². The van der Waals surface area contributed by atoms with Crippen LogP contribution in [0, 0.1) is 0 Å². The molecule has 0 bridgehead atoms. The molecule has 0 saturated carbocycles. The van der Waals surface area contributed by atoms with Crippen LogP contribution in [0.15, 0.2) is 30.3 Å². The molecular weight excluding hydrogens is 292 g/mol. The third kappa shape index (κ3) is 4.20. The van der Waals surface area contributed by atoms with Crippen molar-refractivity contribution in [2.45, 2.75) is 31.8 Å². The molecule has 23 heavy (non-hydrogen) atoms. The molecule has 1 atom stereocenters. The van der Waals surface area contributed by atoms with Gasteiger partial charge in [0, 0.05) is 37.9 Å². The first-order chi connectivity index (χ1) is 11.2. The molecule has 2 amide bonds. The van der Waals surface area contributed by atoms with Crippen LogP contribution in [0.2, 0.25) is 0 Å². The molecule has 1 aromatic rings. The Labute approximate surface area is 136 Å². The van der Waals surface area contributed by atoms with Crippen LogP contribution in [0.5, 0.6) is 0 Å². The van der Waals surface area contributed by atoms with Gasteiger partial charge in [-0.25, -0.2) is 0 Å². The van der Waals surface area contributed by atoms with Crippen molar-refractivity contribution in [2.24, 2.45) is 0 Å².